The summed E-state index contributed by atoms with van der Waals surface area (Å²) in [6.45, 7) is 2.07. The minimum Gasteiger partial charge on any atom is -0.495 e. The average Bonchev–Trinajstić information content (AvgIpc) is 3.06. The first-order chi connectivity index (χ1) is 8.47. The molecule has 1 aromatic carbocycles. The SMILES string of the molecule is CCC1CC1NS(=O)(=O)c1cc(Br)ccc1OC. The van der Waals surface area contributed by atoms with Crippen LogP contribution in [0.2, 0.25) is 0 Å². The molecule has 0 heterocycles. The van der Waals surface area contributed by atoms with Gasteiger partial charge in [-0.25, -0.2) is 13.1 Å². The van der Waals surface area contributed by atoms with E-state index in [1.807, 2.05) is 0 Å². The quantitative estimate of drug-likeness (QED) is 0.900. The number of sulfonamides is 1. The zero-order chi connectivity index (χ0) is 13.3. The van der Waals surface area contributed by atoms with Crippen molar-refractivity contribution in [2.75, 3.05) is 7.11 Å². The zero-order valence-corrected chi connectivity index (χ0v) is 12.7. The molecule has 2 unspecified atom stereocenters. The molecule has 0 saturated heterocycles. The molecule has 0 spiro atoms. The highest BCUT2D eigenvalue weighted by Crippen LogP contribution is 2.35. The van der Waals surface area contributed by atoms with Gasteiger partial charge in [-0.05, 0) is 30.5 Å². The van der Waals surface area contributed by atoms with E-state index in [4.69, 9.17) is 4.74 Å². The zero-order valence-electron chi connectivity index (χ0n) is 10.3. The van der Waals surface area contributed by atoms with Crippen LogP contribution in [0.25, 0.3) is 0 Å². The molecular weight excluding hydrogens is 318 g/mol. The second kappa shape index (κ2) is 5.19. The minimum absolute atomic E-state index is 0.0729. The Balaban J connectivity index is 2.26. The molecule has 6 heteroatoms. The predicted octanol–water partition coefficient (Wildman–Crippen LogP) is 2.53. The standard InChI is InChI=1S/C12H16BrNO3S/c1-3-8-6-10(8)14-18(15,16)12-7-9(13)4-5-11(12)17-2/h4-5,7-8,10,14H,3,6H2,1-2H3. The maximum absolute atomic E-state index is 12.3. The highest BCUT2D eigenvalue weighted by molar-refractivity contribution is 9.10. The van der Waals surface area contributed by atoms with Gasteiger partial charge in [-0.15, -0.1) is 0 Å². The van der Waals surface area contributed by atoms with Crippen molar-refractivity contribution in [2.45, 2.75) is 30.7 Å². The van der Waals surface area contributed by atoms with Crippen molar-refractivity contribution in [1.82, 2.24) is 4.72 Å². The van der Waals surface area contributed by atoms with Crippen molar-refractivity contribution >= 4 is 26.0 Å². The Labute approximate surface area is 116 Å². The van der Waals surface area contributed by atoms with E-state index >= 15 is 0 Å². The monoisotopic (exact) mass is 333 g/mol. The molecule has 0 aromatic heterocycles. The smallest absolute Gasteiger partial charge is 0.244 e. The molecule has 0 aliphatic heterocycles. The molecule has 1 fully saturated rings. The van der Waals surface area contributed by atoms with Crippen molar-refractivity contribution in [2.24, 2.45) is 5.92 Å². The van der Waals surface area contributed by atoms with Crippen LogP contribution in [0, 0.1) is 5.92 Å². The Morgan fingerprint density at radius 3 is 2.78 bits per heavy atom. The molecule has 1 saturated carbocycles. The first-order valence-electron chi connectivity index (χ1n) is 5.83. The van der Waals surface area contributed by atoms with Crippen LogP contribution in [0.1, 0.15) is 19.8 Å². The molecule has 1 aliphatic rings. The third-order valence-electron chi connectivity index (χ3n) is 3.17. The molecule has 0 radical (unpaired) electrons. The second-order valence-electron chi connectivity index (χ2n) is 4.43. The van der Waals surface area contributed by atoms with Crippen LogP contribution in [0.4, 0.5) is 0 Å². The van der Waals surface area contributed by atoms with Gasteiger partial charge in [0, 0.05) is 10.5 Å². The van der Waals surface area contributed by atoms with Gasteiger partial charge in [0.25, 0.3) is 0 Å². The molecule has 2 rings (SSSR count). The fourth-order valence-electron chi connectivity index (χ4n) is 1.97. The lowest BCUT2D eigenvalue weighted by molar-refractivity contribution is 0.402. The summed E-state index contributed by atoms with van der Waals surface area (Å²) in [6.07, 6.45) is 1.93. The highest BCUT2D eigenvalue weighted by Gasteiger charge is 2.39. The Kier molecular flexibility index (Phi) is 3.99. The number of hydrogen-bond donors (Lipinski definition) is 1. The van der Waals surface area contributed by atoms with Gasteiger partial charge in [-0.2, -0.15) is 0 Å². The number of ether oxygens (including phenoxy) is 1. The molecule has 1 N–H and O–H groups in total. The maximum atomic E-state index is 12.3. The third-order valence-corrected chi connectivity index (χ3v) is 5.17. The van der Waals surface area contributed by atoms with Crippen molar-refractivity contribution in [3.63, 3.8) is 0 Å². The highest BCUT2D eigenvalue weighted by atomic mass is 79.9. The number of benzene rings is 1. The fourth-order valence-corrected chi connectivity index (χ4v) is 3.99. The van der Waals surface area contributed by atoms with Gasteiger partial charge in [0.2, 0.25) is 10.0 Å². The largest absolute Gasteiger partial charge is 0.495 e. The molecule has 1 aliphatic carbocycles. The van der Waals surface area contributed by atoms with E-state index in [0.717, 1.165) is 12.8 Å². The van der Waals surface area contributed by atoms with E-state index < -0.39 is 10.0 Å². The second-order valence-corrected chi connectivity index (χ2v) is 7.03. The van der Waals surface area contributed by atoms with Crippen molar-refractivity contribution in [1.29, 1.82) is 0 Å². The Hall–Kier alpha value is -0.590. The summed E-state index contributed by atoms with van der Waals surface area (Å²) in [6, 6.07) is 5.03. The van der Waals surface area contributed by atoms with E-state index in [1.54, 1.807) is 18.2 Å². The molecule has 0 amide bonds. The van der Waals surface area contributed by atoms with Crippen LogP contribution in [-0.4, -0.2) is 21.6 Å². The van der Waals surface area contributed by atoms with Crippen LogP contribution in [0.5, 0.6) is 5.75 Å². The lowest BCUT2D eigenvalue weighted by Gasteiger charge is -2.11. The Bertz CT molecular complexity index is 544. The molecule has 18 heavy (non-hydrogen) atoms. The van der Waals surface area contributed by atoms with Crippen LogP contribution in [0.15, 0.2) is 27.6 Å². The molecule has 4 nitrogen and oxygen atoms in total. The summed E-state index contributed by atoms with van der Waals surface area (Å²) >= 11 is 3.28. The fraction of sp³-hybridized carbons (Fsp3) is 0.500. The van der Waals surface area contributed by atoms with Crippen LogP contribution in [-0.2, 0) is 10.0 Å². The first kappa shape index (κ1) is 13.8. The number of nitrogens with one attached hydrogen (secondary N) is 1. The summed E-state index contributed by atoms with van der Waals surface area (Å²) in [4.78, 5) is 0.182. The number of halogens is 1. The van der Waals surface area contributed by atoms with E-state index in [1.165, 1.54) is 7.11 Å². The van der Waals surface area contributed by atoms with E-state index in [-0.39, 0.29) is 10.9 Å². The number of methoxy groups -OCH3 is 1. The van der Waals surface area contributed by atoms with Gasteiger partial charge in [0.1, 0.15) is 10.6 Å². The Morgan fingerprint density at radius 1 is 1.50 bits per heavy atom. The van der Waals surface area contributed by atoms with Gasteiger partial charge in [0.05, 0.1) is 7.11 Å². The summed E-state index contributed by atoms with van der Waals surface area (Å²) in [5.74, 6) is 0.831. The number of rotatable bonds is 5. The van der Waals surface area contributed by atoms with Crippen molar-refractivity contribution in [3.8, 4) is 5.75 Å². The van der Waals surface area contributed by atoms with Crippen LogP contribution in [0.3, 0.4) is 0 Å². The van der Waals surface area contributed by atoms with Gasteiger partial charge in [0.15, 0.2) is 0 Å². The van der Waals surface area contributed by atoms with E-state index in [0.29, 0.717) is 16.1 Å². The van der Waals surface area contributed by atoms with Gasteiger partial charge < -0.3 is 4.74 Å². The molecule has 1 aromatic rings. The van der Waals surface area contributed by atoms with Crippen LogP contribution >= 0.6 is 15.9 Å². The predicted molar refractivity (Wildman–Crippen MR) is 73.2 cm³/mol. The maximum Gasteiger partial charge on any atom is 0.244 e. The third kappa shape index (κ3) is 2.87. The van der Waals surface area contributed by atoms with Crippen molar-refractivity contribution < 1.29 is 13.2 Å². The van der Waals surface area contributed by atoms with Crippen molar-refractivity contribution in [3.05, 3.63) is 22.7 Å². The Morgan fingerprint density at radius 2 is 2.22 bits per heavy atom. The first-order valence-corrected chi connectivity index (χ1v) is 8.11. The number of hydrogen-bond acceptors (Lipinski definition) is 3. The summed E-state index contributed by atoms with van der Waals surface area (Å²) < 4.78 is 33.1. The average molecular weight is 334 g/mol. The van der Waals surface area contributed by atoms with Gasteiger partial charge >= 0.3 is 0 Å². The summed E-state index contributed by atoms with van der Waals surface area (Å²) in [7, 11) is -2.04. The van der Waals surface area contributed by atoms with E-state index in [9.17, 15) is 8.42 Å². The molecule has 100 valence electrons. The topological polar surface area (TPSA) is 55.4 Å². The lowest BCUT2D eigenvalue weighted by atomic mass is 10.3. The van der Waals surface area contributed by atoms with Crippen LogP contribution < -0.4 is 9.46 Å². The molecule has 2 atom stereocenters. The summed E-state index contributed by atoms with van der Waals surface area (Å²) in [5, 5.41) is 0. The molecule has 0 bridgehead atoms. The molecular formula is C12H16BrNO3S. The summed E-state index contributed by atoms with van der Waals surface area (Å²) in [5.41, 5.74) is 0. The minimum atomic E-state index is -3.51. The lowest BCUT2D eigenvalue weighted by Crippen LogP contribution is -2.27. The van der Waals surface area contributed by atoms with Gasteiger partial charge in [-0.3, -0.25) is 0 Å². The van der Waals surface area contributed by atoms with E-state index in [2.05, 4.69) is 27.6 Å². The normalized spacial score (nSPS) is 22.8. The van der Waals surface area contributed by atoms with Gasteiger partial charge in [-0.1, -0.05) is 29.3 Å².